The minimum absolute atomic E-state index is 0.862. The first kappa shape index (κ1) is 13.3. The number of hydrogen-bond acceptors (Lipinski definition) is 4. The predicted molar refractivity (Wildman–Crippen MR) is 83.3 cm³/mol. The molecule has 3 rings (SSSR count). The number of anilines is 2. The molecule has 0 amide bonds. The Kier molecular flexibility index (Phi) is 3.90. The number of nitrogens with one attached hydrogen (secondary N) is 2. The second-order valence-electron chi connectivity index (χ2n) is 4.41. The van der Waals surface area contributed by atoms with E-state index < -0.39 is 0 Å². The number of rotatable bonds is 2. The molecule has 3 heterocycles. The van der Waals surface area contributed by atoms with Crippen molar-refractivity contribution < 1.29 is 4.98 Å². The van der Waals surface area contributed by atoms with E-state index in [0.29, 0.717) is 0 Å². The maximum atomic E-state index is 4.21. The summed E-state index contributed by atoms with van der Waals surface area (Å²) in [7, 11) is 0. The monoisotopic (exact) mass is 293 g/mol. The molecule has 0 atom stereocenters. The molecule has 0 unspecified atom stereocenters. The molecule has 0 aliphatic carbocycles. The molecule has 5 heteroatoms. The van der Waals surface area contributed by atoms with Gasteiger partial charge in [-0.1, -0.05) is 17.3 Å². The minimum atomic E-state index is 0.862. The molecule has 0 bridgehead atoms. The maximum Gasteiger partial charge on any atom is 0.266 e. The number of thiazole rings is 1. The largest absolute Gasteiger partial charge is 0.353 e. The second kappa shape index (κ2) is 6.16. The van der Waals surface area contributed by atoms with Gasteiger partial charge in [-0.25, -0.2) is 0 Å². The van der Waals surface area contributed by atoms with Crippen LogP contribution in [-0.4, -0.2) is 9.97 Å². The zero-order chi connectivity index (χ0) is 14.5. The summed E-state index contributed by atoms with van der Waals surface area (Å²) in [6.07, 6.45) is 7.02. The Morgan fingerprint density at radius 2 is 2.05 bits per heavy atom. The predicted octanol–water partition coefficient (Wildman–Crippen LogP) is 2.80. The van der Waals surface area contributed by atoms with E-state index in [1.807, 2.05) is 30.5 Å². The average molecular weight is 293 g/mol. The van der Waals surface area contributed by atoms with Gasteiger partial charge in [0.05, 0.1) is 29.1 Å². The molecule has 0 spiro atoms. The van der Waals surface area contributed by atoms with Gasteiger partial charge >= 0.3 is 0 Å². The van der Waals surface area contributed by atoms with Crippen LogP contribution in [0.2, 0.25) is 0 Å². The van der Waals surface area contributed by atoms with Gasteiger partial charge in [0.2, 0.25) is 5.01 Å². The lowest BCUT2D eigenvalue weighted by Crippen LogP contribution is -2.04. The Bertz CT molecular complexity index is 800. The highest BCUT2D eigenvalue weighted by Gasteiger charge is 2.01. The van der Waals surface area contributed by atoms with E-state index in [9.17, 15) is 0 Å². The molecule has 0 aromatic carbocycles. The third kappa shape index (κ3) is 3.65. The summed E-state index contributed by atoms with van der Waals surface area (Å²) in [6, 6.07) is 5.80. The Labute approximate surface area is 126 Å². The van der Waals surface area contributed by atoms with Crippen molar-refractivity contribution in [1.82, 2.24) is 9.97 Å². The van der Waals surface area contributed by atoms with E-state index in [1.54, 1.807) is 36.1 Å². The fourth-order valence-electron chi connectivity index (χ4n) is 1.78. The number of H-pyrrole nitrogens is 1. The van der Waals surface area contributed by atoms with E-state index in [1.165, 1.54) is 0 Å². The average Bonchev–Trinajstić information content (AvgIpc) is 2.92. The summed E-state index contributed by atoms with van der Waals surface area (Å²) >= 11 is 1.65. The van der Waals surface area contributed by atoms with E-state index in [-0.39, 0.29) is 0 Å². The van der Waals surface area contributed by atoms with Crippen LogP contribution in [0.5, 0.6) is 0 Å². The number of hydrogen-bond donors (Lipinski definition) is 1. The van der Waals surface area contributed by atoms with Crippen molar-refractivity contribution in [3.05, 3.63) is 64.6 Å². The van der Waals surface area contributed by atoms with Crippen LogP contribution < -0.4 is 10.3 Å². The van der Waals surface area contributed by atoms with Crippen LogP contribution in [0, 0.1) is 18.8 Å². The molecular weight excluding hydrogens is 280 g/mol. The fourth-order valence-corrected chi connectivity index (χ4v) is 2.36. The zero-order valence-corrected chi connectivity index (χ0v) is 12.2. The van der Waals surface area contributed by atoms with E-state index >= 15 is 0 Å². The summed E-state index contributed by atoms with van der Waals surface area (Å²) in [5.41, 5.74) is 3.59. The third-order valence-corrected chi connectivity index (χ3v) is 3.50. The molecule has 0 aliphatic heterocycles. The van der Waals surface area contributed by atoms with Crippen LogP contribution in [0.1, 0.15) is 16.3 Å². The molecule has 0 aliphatic rings. The van der Waals surface area contributed by atoms with Gasteiger partial charge in [0.15, 0.2) is 0 Å². The molecule has 0 saturated carbocycles. The van der Waals surface area contributed by atoms with Crippen LogP contribution in [-0.2, 0) is 0 Å². The van der Waals surface area contributed by atoms with Gasteiger partial charge in [-0.3, -0.25) is 9.97 Å². The molecule has 21 heavy (non-hydrogen) atoms. The number of aromatic amines is 1. The first-order chi connectivity index (χ1) is 10.3. The molecular formula is C16H13N4S+. The lowest BCUT2D eigenvalue weighted by Gasteiger charge is -2.04. The summed E-state index contributed by atoms with van der Waals surface area (Å²) < 4.78 is 0. The van der Waals surface area contributed by atoms with Gasteiger partial charge in [-0.05, 0) is 18.2 Å². The standard InChI is InChI=1S/C16H12N4S/c1-12-19-15(11-21-12)5-4-13-7-16(10-18-8-13)20-14-3-2-6-17-9-14/h2-3,6-11,20H,1H3/p+1. The van der Waals surface area contributed by atoms with Crippen molar-refractivity contribution in [3.8, 4) is 11.8 Å². The first-order valence-corrected chi connectivity index (χ1v) is 7.29. The van der Waals surface area contributed by atoms with Crippen molar-refractivity contribution in [2.24, 2.45) is 0 Å². The van der Waals surface area contributed by atoms with Crippen LogP contribution >= 0.6 is 11.3 Å². The molecule has 102 valence electrons. The van der Waals surface area contributed by atoms with E-state index in [0.717, 1.165) is 27.6 Å². The number of pyridine rings is 2. The van der Waals surface area contributed by atoms with Crippen LogP contribution in [0.4, 0.5) is 11.4 Å². The normalized spacial score (nSPS) is 9.76. The summed E-state index contributed by atoms with van der Waals surface area (Å²) in [4.78, 5) is 11.5. The smallest absolute Gasteiger partial charge is 0.266 e. The van der Waals surface area contributed by atoms with Gasteiger partial charge in [-0.2, -0.15) is 4.98 Å². The van der Waals surface area contributed by atoms with Crippen molar-refractivity contribution in [1.29, 1.82) is 0 Å². The SMILES string of the molecule is Cc1[nH+]c(C#Cc2cncc(Nc3cccnc3)c2)cs1. The van der Waals surface area contributed by atoms with Crippen LogP contribution in [0.15, 0.2) is 48.4 Å². The van der Waals surface area contributed by atoms with Gasteiger partial charge in [0.25, 0.3) is 5.69 Å². The first-order valence-electron chi connectivity index (χ1n) is 6.41. The molecule has 3 aromatic heterocycles. The van der Waals surface area contributed by atoms with E-state index in [4.69, 9.17) is 0 Å². The Morgan fingerprint density at radius 3 is 2.81 bits per heavy atom. The van der Waals surface area contributed by atoms with Crippen molar-refractivity contribution >= 4 is 22.7 Å². The van der Waals surface area contributed by atoms with Crippen molar-refractivity contribution in [3.63, 3.8) is 0 Å². The van der Waals surface area contributed by atoms with Gasteiger partial charge in [0, 0.05) is 30.8 Å². The molecule has 0 saturated heterocycles. The highest BCUT2D eigenvalue weighted by atomic mass is 32.1. The second-order valence-corrected chi connectivity index (χ2v) is 5.49. The number of aromatic nitrogens is 3. The topological polar surface area (TPSA) is 52.0 Å². The van der Waals surface area contributed by atoms with Gasteiger partial charge in [0.1, 0.15) is 0 Å². The maximum absolute atomic E-state index is 4.21. The Balaban J connectivity index is 1.79. The highest BCUT2D eigenvalue weighted by molar-refractivity contribution is 7.09. The fraction of sp³-hybridized carbons (Fsp3) is 0.0625. The van der Waals surface area contributed by atoms with Gasteiger partial charge < -0.3 is 5.32 Å². The Morgan fingerprint density at radius 1 is 1.14 bits per heavy atom. The third-order valence-electron chi connectivity index (χ3n) is 2.69. The van der Waals surface area contributed by atoms with E-state index in [2.05, 4.69) is 32.1 Å². The quantitative estimate of drug-likeness (QED) is 0.739. The zero-order valence-electron chi connectivity index (χ0n) is 11.4. The summed E-state index contributed by atoms with van der Waals surface area (Å²) in [5.74, 6) is 6.21. The summed E-state index contributed by atoms with van der Waals surface area (Å²) in [5, 5.41) is 6.40. The van der Waals surface area contributed by atoms with Crippen LogP contribution in [0.25, 0.3) is 0 Å². The van der Waals surface area contributed by atoms with Crippen molar-refractivity contribution in [2.45, 2.75) is 6.92 Å². The molecule has 4 nitrogen and oxygen atoms in total. The molecule has 3 aromatic rings. The lowest BCUT2D eigenvalue weighted by atomic mass is 10.2. The number of nitrogens with zero attached hydrogens (tertiary/aromatic N) is 2. The van der Waals surface area contributed by atoms with Gasteiger partial charge in [-0.15, -0.1) is 0 Å². The van der Waals surface area contributed by atoms with Crippen molar-refractivity contribution in [2.75, 3.05) is 5.32 Å². The number of aryl methyl sites for hydroxylation is 1. The van der Waals surface area contributed by atoms with Crippen LogP contribution in [0.3, 0.4) is 0 Å². The molecule has 0 radical (unpaired) electrons. The molecule has 0 fully saturated rings. The molecule has 2 N–H and O–H groups in total. The minimum Gasteiger partial charge on any atom is -0.353 e. The highest BCUT2D eigenvalue weighted by Crippen LogP contribution is 2.14. The summed E-state index contributed by atoms with van der Waals surface area (Å²) in [6.45, 7) is 2.02. The lowest BCUT2D eigenvalue weighted by molar-refractivity contribution is -0.383. The Hall–Kier alpha value is -2.71.